The van der Waals surface area contributed by atoms with Crippen LogP contribution in [0.2, 0.25) is 0 Å². The summed E-state index contributed by atoms with van der Waals surface area (Å²) in [5.41, 5.74) is 4.39. The smallest absolute Gasteiger partial charge is 0.170 e. The molecular weight excluding hydrogens is 444 g/mol. The summed E-state index contributed by atoms with van der Waals surface area (Å²) in [5.74, 6) is 0.912. The minimum Gasteiger partial charge on any atom is -0.508 e. The average Bonchev–Trinajstić information content (AvgIpc) is 2.85. The molecule has 0 fully saturated rings. The number of phenols is 3. The number of methoxy groups -OCH3 is 2. The molecule has 0 spiro atoms. The van der Waals surface area contributed by atoms with Crippen molar-refractivity contribution in [3.63, 3.8) is 0 Å². The fourth-order valence-corrected chi connectivity index (χ4v) is 4.00. The quantitative estimate of drug-likeness (QED) is 0.281. The maximum Gasteiger partial charge on any atom is 0.170 e. The highest BCUT2D eigenvalue weighted by Gasteiger charge is 2.23. The molecule has 3 N–H and O–H groups in total. The second kappa shape index (κ2) is 9.89. The first-order chi connectivity index (χ1) is 16.8. The third-order valence-electron chi connectivity index (χ3n) is 5.92. The summed E-state index contributed by atoms with van der Waals surface area (Å²) >= 11 is 0. The molecule has 0 aromatic heterocycles. The Morgan fingerprint density at radius 1 is 0.714 bits per heavy atom. The standard InChI is InChI=1S/C29H28O6/c1-17-5-7-19(8-6-17)18(2)35-25-14-11-21(15-24(25)31)27-26(33-3)16-23(29(34-4)28(27)32)20-9-12-22(30)13-10-20/h5-16,18,30-32H,1-4H3. The van der Waals surface area contributed by atoms with E-state index in [4.69, 9.17) is 14.2 Å². The predicted octanol–water partition coefficient (Wildman–Crippen LogP) is 6.60. The number of aryl methyl sites for hydroxylation is 1. The molecule has 4 aromatic rings. The van der Waals surface area contributed by atoms with Gasteiger partial charge in [0.25, 0.3) is 0 Å². The molecule has 35 heavy (non-hydrogen) atoms. The minimum atomic E-state index is -0.264. The highest BCUT2D eigenvalue weighted by atomic mass is 16.5. The molecule has 180 valence electrons. The van der Waals surface area contributed by atoms with Crippen molar-refractivity contribution >= 4 is 0 Å². The summed E-state index contributed by atoms with van der Waals surface area (Å²) in [6, 6.07) is 21.3. The summed E-state index contributed by atoms with van der Waals surface area (Å²) < 4.78 is 17.1. The molecule has 0 aliphatic rings. The Balaban J connectivity index is 1.72. The van der Waals surface area contributed by atoms with Gasteiger partial charge < -0.3 is 29.5 Å². The Bertz CT molecular complexity index is 1330. The lowest BCUT2D eigenvalue weighted by Gasteiger charge is -2.19. The van der Waals surface area contributed by atoms with Crippen molar-refractivity contribution in [1.29, 1.82) is 0 Å². The van der Waals surface area contributed by atoms with Gasteiger partial charge in [0, 0.05) is 5.56 Å². The van der Waals surface area contributed by atoms with Crippen LogP contribution in [0, 0.1) is 6.92 Å². The van der Waals surface area contributed by atoms with Gasteiger partial charge in [-0.1, -0.05) is 48.0 Å². The van der Waals surface area contributed by atoms with Crippen LogP contribution in [0.4, 0.5) is 0 Å². The van der Waals surface area contributed by atoms with Crippen molar-refractivity contribution in [2.45, 2.75) is 20.0 Å². The molecule has 0 aliphatic carbocycles. The lowest BCUT2D eigenvalue weighted by atomic mass is 9.96. The van der Waals surface area contributed by atoms with E-state index in [9.17, 15) is 15.3 Å². The zero-order chi connectivity index (χ0) is 25.1. The van der Waals surface area contributed by atoms with Gasteiger partial charge in [-0.15, -0.1) is 0 Å². The monoisotopic (exact) mass is 472 g/mol. The van der Waals surface area contributed by atoms with Crippen molar-refractivity contribution in [2.75, 3.05) is 14.2 Å². The third-order valence-corrected chi connectivity index (χ3v) is 5.92. The van der Waals surface area contributed by atoms with Gasteiger partial charge in [-0.25, -0.2) is 0 Å². The number of hydrogen-bond donors (Lipinski definition) is 3. The molecule has 0 saturated heterocycles. The zero-order valence-corrected chi connectivity index (χ0v) is 20.1. The lowest BCUT2D eigenvalue weighted by molar-refractivity contribution is 0.217. The number of rotatable bonds is 7. The van der Waals surface area contributed by atoms with E-state index in [1.807, 2.05) is 38.1 Å². The van der Waals surface area contributed by atoms with Crippen LogP contribution in [0.15, 0.2) is 72.8 Å². The van der Waals surface area contributed by atoms with E-state index in [0.29, 0.717) is 28.2 Å². The molecule has 0 radical (unpaired) electrons. The molecule has 0 amide bonds. The van der Waals surface area contributed by atoms with E-state index >= 15 is 0 Å². The number of ether oxygens (including phenoxy) is 3. The fraction of sp³-hybridized carbons (Fsp3) is 0.172. The number of aromatic hydroxyl groups is 3. The molecule has 0 aliphatic heterocycles. The van der Waals surface area contributed by atoms with Crippen LogP contribution in [0.3, 0.4) is 0 Å². The highest BCUT2D eigenvalue weighted by Crippen LogP contribution is 2.50. The van der Waals surface area contributed by atoms with E-state index in [-0.39, 0.29) is 29.1 Å². The molecule has 0 bridgehead atoms. The molecule has 0 saturated carbocycles. The average molecular weight is 473 g/mol. The maximum atomic E-state index is 11.2. The summed E-state index contributed by atoms with van der Waals surface area (Å²) in [4.78, 5) is 0. The first kappa shape index (κ1) is 23.8. The van der Waals surface area contributed by atoms with Crippen LogP contribution in [-0.2, 0) is 0 Å². The Hall–Kier alpha value is -4.32. The summed E-state index contributed by atoms with van der Waals surface area (Å²) in [5, 5.41) is 31.5. The van der Waals surface area contributed by atoms with Gasteiger partial charge in [0.1, 0.15) is 17.6 Å². The van der Waals surface area contributed by atoms with Crippen molar-refractivity contribution in [3.8, 4) is 56.8 Å². The van der Waals surface area contributed by atoms with Gasteiger partial charge in [0.2, 0.25) is 0 Å². The zero-order valence-electron chi connectivity index (χ0n) is 20.1. The Morgan fingerprint density at radius 2 is 1.37 bits per heavy atom. The normalized spacial score (nSPS) is 11.7. The maximum absolute atomic E-state index is 11.2. The molecule has 6 nitrogen and oxygen atoms in total. The van der Waals surface area contributed by atoms with Crippen molar-refractivity contribution in [3.05, 3.63) is 83.9 Å². The van der Waals surface area contributed by atoms with Crippen molar-refractivity contribution < 1.29 is 29.5 Å². The van der Waals surface area contributed by atoms with Crippen LogP contribution in [0.5, 0.6) is 34.5 Å². The lowest BCUT2D eigenvalue weighted by Crippen LogP contribution is -2.03. The SMILES string of the molecule is COc1cc(-c2ccc(O)cc2)c(OC)c(O)c1-c1ccc(OC(C)c2ccc(C)cc2)c(O)c1. The first-order valence-electron chi connectivity index (χ1n) is 11.2. The highest BCUT2D eigenvalue weighted by molar-refractivity contribution is 5.88. The van der Waals surface area contributed by atoms with Gasteiger partial charge in [-0.05, 0) is 60.9 Å². The Kier molecular flexibility index (Phi) is 6.73. The Morgan fingerprint density at radius 3 is 1.97 bits per heavy atom. The van der Waals surface area contributed by atoms with Gasteiger partial charge in [0.05, 0.1) is 19.8 Å². The van der Waals surface area contributed by atoms with Gasteiger partial charge in [0.15, 0.2) is 23.0 Å². The van der Waals surface area contributed by atoms with Crippen LogP contribution in [0.25, 0.3) is 22.3 Å². The number of hydrogen-bond acceptors (Lipinski definition) is 6. The topological polar surface area (TPSA) is 88.4 Å². The van der Waals surface area contributed by atoms with Gasteiger partial charge in [-0.3, -0.25) is 0 Å². The number of benzene rings is 4. The van der Waals surface area contributed by atoms with Gasteiger partial charge in [-0.2, -0.15) is 0 Å². The molecule has 0 heterocycles. The van der Waals surface area contributed by atoms with E-state index in [0.717, 1.165) is 16.7 Å². The summed E-state index contributed by atoms with van der Waals surface area (Å²) in [6.07, 6.45) is -0.264. The minimum absolute atomic E-state index is 0.0653. The molecule has 4 rings (SSSR count). The van der Waals surface area contributed by atoms with Crippen LogP contribution < -0.4 is 14.2 Å². The van der Waals surface area contributed by atoms with E-state index < -0.39 is 0 Å². The Labute approximate surface area is 204 Å². The second-order valence-corrected chi connectivity index (χ2v) is 8.28. The van der Waals surface area contributed by atoms with Crippen molar-refractivity contribution in [2.24, 2.45) is 0 Å². The van der Waals surface area contributed by atoms with Crippen LogP contribution in [0.1, 0.15) is 24.2 Å². The third kappa shape index (κ3) is 4.82. The second-order valence-electron chi connectivity index (χ2n) is 8.28. The summed E-state index contributed by atoms with van der Waals surface area (Å²) in [7, 11) is 2.97. The van der Waals surface area contributed by atoms with Crippen LogP contribution >= 0.6 is 0 Å². The van der Waals surface area contributed by atoms with Crippen molar-refractivity contribution in [1.82, 2.24) is 0 Å². The molecule has 6 heteroatoms. The van der Waals surface area contributed by atoms with Crippen LogP contribution in [-0.4, -0.2) is 29.5 Å². The number of phenolic OH excluding ortho intramolecular Hbond substituents is 3. The molecule has 4 aromatic carbocycles. The summed E-state index contributed by atoms with van der Waals surface area (Å²) in [6.45, 7) is 3.94. The van der Waals surface area contributed by atoms with E-state index in [1.54, 1.807) is 42.5 Å². The van der Waals surface area contributed by atoms with E-state index in [2.05, 4.69) is 0 Å². The van der Waals surface area contributed by atoms with Gasteiger partial charge >= 0.3 is 0 Å². The molecule has 1 atom stereocenters. The molecule has 1 unspecified atom stereocenters. The predicted molar refractivity (Wildman–Crippen MR) is 136 cm³/mol. The fourth-order valence-electron chi connectivity index (χ4n) is 4.00. The van der Waals surface area contributed by atoms with E-state index in [1.165, 1.54) is 20.3 Å². The molecular formula is C29H28O6. The first-order valence-corrected chi connectivity index (χ1v) is 11.2. The largest absolute Gasteiger partial charge is 0.508 e.